The van der Waals surface area contributed by atoms with Crippen molar-refractivity contribution in [2.75, 3.05) is 6.54 Å². The third-order valence-electron chi connectivity index (χ3n) is 5.25. The lowest BCUT2D eigenvalue weighted by Gasteiger charge is -2.43. The van der Waals surface area contributed by atoms with Crippen LogP contribution in [0.2, 0.25) is 0 Å². The summed E-state index contributed by atoms with van der Waals surface area (Å²) in [6.07, 6.45) is 8.39. The van der Waals surface area contributed by atoms with Crippen molar-refractivity contribution in [2.45, 2.75) is 62.0 Å². The zero-order valence-corrected chi connectivity index (χ0v) is 14.1. The predicted octanol–water partition coefficient (Wildman–Crippen LogP) is 1.51. The lowest BCUT2D eigenvalue weighted by molar-refractivity contribution is -0.0527. The highest BCUT2D eigenvalue weighted by Gasteiger charge is 2.47. The summed E-state index contributed by atoms with van der Waals surface area (Å²) >= 11 is 0. The molecule has 1 saturated heterocycles. The van der Waals surface area contributed by atoms with E-state index in [1.165, 1.54) is 10.9 Å². The number of aryl methyl sites for hydroxylation is 1. The van der Waals surface area contributed by atoms with Gasteiger partial charge in [-0.1, -0.05) is 12.8 Å². The smallest absolute Gasteiger partial charge is 0.246 e. The Morgan fingerprint density at radius 3 is 2.73 bits per heavy atom. The van der Waals surface area contributed by atoms with Crippen LogP contribution in [0.15, 0.2) is 17.3 Å². The number of sulfonamides is 1. The van der Waals surface area contributed by atoms with Crippen molar-refractivity contribution in [2.24, 2.45) is 13.0 Å². The molecule has 3 rings (SSSR count). The lowest BCUT2D eigenvalue weighted by atomic mass is 9.72. The highest BCUT2D eigenvalue weighted by Crippen LogP contribution is 2.42. The molecule has 1 aromatic rings. The summed E-state index contributed by atoms with van der Waals surface area (Å²) in [6, 6.07) is -0.0968. The molecule has 1 aliphatic carbocycles. The quantitative estimate of drug-likeness (QED) is 0.913. The van der Waals surface area contributed by atoms with Crippen LogP contribution in [0, 0.1) is 5.92 Å². The third kappa shape index (κ3) is 2.70. The van der Waals surface area contributed by atoms with Gasteiger partial charge in [-0.15, -0.1) is 0 Å². The van der Waals surface area contributed by atoms with E-state index in [4.69, 9.17) is 0 Å². The van der Waals surface area contributed by atoms with Crippen LogP contribution in [-0.4, -0.2) is 45.8 Å². The van der Waals surface area contributed by atoms with Crippen LogP contribution >= 0.6 is 0 Å². The molecule has 0 radical (unpaired) electrons. The fourth-order valence-corrected chi connectivity index (χ4v) is 5.80. The molecule has 0 bridgehead atoms. The van der Waals surface area contributed by atoms with Crippen molar-refractivity contribution in [3.05, 3.63) is 12.4 Å². The van der Waals surface area contributed by atoms with E-state index in [9.17, 15) is 13.5 Å². The first kappa shape index (κ1) is 16.0. The Morgan fingerprint density at radius 2 is 2.09 bits per heavy atom. The number of aliphatic hydroxyl groups is 1. The molecule has 7 heteroatoms. The van der Waals surface area contributed by atoms with Crippen LogP contribution in [-0.2, 0) is 17.1 Å². The normalized spacial score (nSPS) is 34.1. The van der Waals surface area contributed by atoms with Gasteiger partial charge in [0, 0.05) is 31.7 Å². The highest BCUT2D eigenvalue weighted by molar-refractivity contribution is 7.89. The molecule has 2 fully saturated rings. The molecular formula is C15H25N3O3S. The zero-order valence-electron chi connectivity index (χ0n) is 13.3. The lowest BCUT2D eigenvalue weighted by Crippen LogP contribution is -2.50. The van der Waals surface area contributed by atoms with Crippen LogP contribution in [0.3, 0.4) is 0 Å². The van der Waals surface area contributed by atoms with E-state index in [1.807, 2.05) is 6.92 Å². The molecule has 0 amide bonds. The SMILES string of the molecule is Cn1cc(S(=O)(=O)N2CCC[C@@H]2[C@@H]2CCCC[C@]2(C)O)cn1. The molecule has 2 aliphatic rings. The average molecular weight is 327 g/mol. The van der Waals surface area contributed by atoms with Gasteiger partial charge in [0.1, 0.15) is 4.90 Å². The molecule has 0 spiro atoms. The maximum atomic E-state index is 12.9. The van der Waals surface area contributed by atoms with Crippen molar-refractivity contribution in [1.29, 1.82) is 0 Å². The summed E-state index contributed by atoms with van der Waals surface area (Å²) in [5.74, 6) is 0.0233. The van der Waals surface area contributed by atoms with E-state index in [0.717, 1.165) is 38.5 Å². The molecule has 2 heterocycles. The van der Waals surface area contributed by atoms with E-state index in [2.05, 4.69) is 5.10 Å². The van der Waals surface area contributed by atoms with Gasteiger partial charge in [-0.05, 0) is 32.6 Å². The Kier molecular flexibility index (Phi) is 4.07. The molecule has 124 valence electrons. The van der Waals surface area contributed by atoms with Crippen LogP contribution in [0.4, 0.5) is 0 Å². The zero-order chi connectivity index (χ0) is 16.0. The monoisotopic (exact) mass is 327 g/mol. The summed E-state index contributed by atoms with van der Waals surface area (Å²) in [5.41, 5.74) is -0.768. The van der Waals surface area contributed by atoms with Crippen LogP contribution < -0.4 is 0 Å². The van der Waals surface area contributed by atoms with E-state index in [1.54, 1.807) is 17.5 Å². The van der Waals surface area contributed by atoms with Crippen molar-refractivity contribution in [3.8, 4) is 0 Å². The van der Waals surface area contributed by atoms with Crippen molar-refractivity contribution in [1.82, 2.24) is 14.1 Å². The first-order valence-corrected chi connectivity index (χ1v) is 9.49. The van der Waals surface area contributed by atoms with Gasteiger partial charge in [0.25, 0.3) is 0 Å². The van der Waals surface area contributed by atoms with E-state index in [0.29, 0.717) is 6.54 Å². The van der Waals surface area contributed by atoms with Crippen LogP contribution in [0.5, 0.6) is 0 Å². The summed E-state index contributed by atoms with van der Waals surface area (Å²) in [6.45, 7) is 2.40. The summed E-state index contributed by atoms with van der Waals surface area (Å²) in [5, 5.41) is 14.7. The van der Waals surface area contributed by atoms with Gasteiger partial charge in [0.05, 0.1) is 11.8 Å². The molecule has 1 aromatic heterocycles. The van der Waals surface area contributed by atoms with Crippen LogP contribution in [0.25, 0.3) is 0 Å². The van der Waals surface area contributed by atoms with Gasteiger partial charge < -0.3 is 5.11 Å². The van der Waals surface area contributed by atoms with E-state index >= 15 is 0 Å². The first-order chi connectivity index (χ1) is 10.3. The minimum Gasteiger partial charge on any atom is -0.390 e. The summed E-state index contributed by atoms with van der Waals surface area (Å²) in [4.78, 5) is 0.248. The highest BCUT2D eigenvalue weighted by atomic mass is 32.2. The predicted molar refractivity (Wildman–Crippen MR) is 82.7 cm³/mol. The first-order valence-electron chi connectivity index (χ1n) is 8.05. The Balaban J connectivity index is 1.90. The summed E-state index contributed by atoms with van der Waals surface area (Å²) < 4.78 is 28.9. The molecule has 0 unspecified atom stereocenters. The second-order valence-corrected chi connectivity index (χ2v) is 8.78. The maximum absolute atomic E-state index is 12.9. The molecule has 22 heavy (non-hydrogen) atoms. The second-order valence-electron chi connectivity index (χ2n) is 6.88. The largest absolute Gasteiger partial charge is 0.390 e. The molecule has 1 aliphatic heterocycles. The minimum absolute atomic E-state index is 0.0233. The van der Waals surface area contributed by atoms with Gasteiger partial charge in [-0.25, -0.2) is 8.42 Å². The Labute approximate surface area is 132 Å². The van der Waals surface area contributed by atoms with E-state index in [-0.39, 0.29) is 16.9 Å². The van der Waals surface area contributed by atoms with E-state index < -0.39 is 15.6 Å². The van der Waals surface area contributed by atoms with Gasteiger partial charge in [-0.3, -0.25) is 4.68 Å². The fraction of sp³-hybridized carbons (Fsp3) is 0.800. The Hall–Kier alpha value is -0.920. The molecule has 6 nitrogen and oxygen atoms in total. The molecule has 3 atom stereocenters. The van der Waals surface area contributed by atoms with Gasteiger partial charge in [0.2, 0.25) is 10.0 Å². The van der Waals surface area contributed by atoms with Crippen molar-refractivity contribution in [3.63, 3.8) is 0 Å². The van der Waals surface area contributed by atoms with Crippen molar-refractivity contribution >= 4 is 10.0 Å². The molecular weight excluding hydrogens is 302 g/mol. The molecule has 1 N–H and O–H groups in total. The number of rotatable bonds is 3. The second kappa shape index (κ2) is 5.62. The fourth-order valence-electron chi connectivity index (χ4n) is 4.08. The Morgan fingerprint density at radius 1 is 1.32 bits per heavy atom. The van der Waals surface area contributed by atoms with Crippen LogP contribution in [0.1, 0.15) is 45.4 Å². The van der Waals surface area contributed by atoms with Gasteiger partial charge in [0.15, 0.2) is 0 Å². The minimum atomic E-state index is -3.53. The third-order valence-corrected chi connectivity index (χ3v) is 7.12. The number of nitrogens with zero attached hydrogens (tertiary/aromatic N) is 3. The van der Waals surface area contributed by atoms with Crippen molar-refractivity contribution < 1.29 is 13.5 Å². The topological polar surface area (TPSA) is 75.4 Å². The van der Waals surface area contributed by atoms with Gasteiger partial charge >= 0.3 is 0 Å². The average Bonchev–Trinajstić information content (AvgIpc) is 3.07. The number of aromatic nitrogens is 2. The standard InChI is InChI=1S/C15H25N3O3S/c1-15(19)8-4-3-6-13(15)14-7-5-9-18(14)22(20,21)12-10-16-17(2)11-12/h10-11,13-14,19H,3-9H2,1-2H3/t13-,14+,15-/m0/s1. The van der Waals surface area contributed by atoms with Gasteiger partial charge in [-0.2, -0.15) is 9.40 Å². The maximum Gasteiger partial charge on any atom is 0.246 e. The number of hydrogen-bond acceptors (Lipinski definition) is 4. The number of hydrogen-bond donors (Lipinski definition) is 1. The summed E-state index contributed by atoms with van der Waals surface area (Å²) in [7, 11) is -1.81. The Bertz CT molecular complexity index is 638. The molecule has 1 saturated carbocycles. The molecule has 0 aromatic carbocycles.